The summed E-state index contributed by atoms with van der Waals surface area (Å²) in [6.07, 6.45) is 3.05. The molecule has 0 saturated heterocycles. The molecule has 0 spiro atoms. The van der Waals surface area contributed by atoms with Crippen LogP contribution in [-0.2, 0) is 0 Å². The molecule has 0 amide bonds. The zero-order valence-corrected chi connectivity index (χ0v) is 15.5. The Bertz CT molecular complexity index is 1110. The van der Waals surface area contributed by atoms with Crippen LogP contribution in [0.4, 0.5) is 11.6 Å². The zero-order valence-electron chi connectivity index (χ0n) is 15.5. The number of anilines is 2. The van der Waals surface area contributed by atoms with Crippen LogP contribution in [0.3, 0.4) is 0 Å². The van der Waals surface area contributed by atoms with Crippen LogP contribution in [0.2, 0.25) is 0 Å². The number of nitrogen functional groups attached to an aromatic ring is 2. The summed E-state index contributed by atoms with van der Waals surface area (Å²) in [5.41, 5.74) is 14.1. The molecule has 2 aromatic heterocycles. The van der Waals surface area contributed by atoms with Crippen molar-refractivity contribution >= 4 is 24.1 Å². The molecule has 28 heavy (non-hydrogen) atoms. The van der Waals surface area contributed by atoms with E-state index < -0.39 is 0 Å². The van der Waals surface area contributed by atoms with E-state index in [4.69, 9.17) is 11.5 Å². The molecule has 0 aliphatic carbocycles. The summed E-state index contributed by atoms with van der Waals surface area (Å²) in [5.74, 6) is 0.515. The Labute approximate surface area is 161 Å². The highest BCUT2D eigenvalue weighted by molar-refractivity contribution is 5.86. The standard InChI is InChI=1S/C20H20N6O2/c1-13-6-17(21)25(19(27)8-13)23-11-15-4-3-5-16(10-15)12-24-26-18(22)7-14(2)9-20(26)28/h3-12H,21-22H2,1-2H3/b23-11-,24-12?. The second-order valence-electron chi connectivity index (χ2n) is 6.37. The first-order valence-corrected chi connectivity index (χ1v) is 8.50. The Hall–Kier alpha value is -3.94. The van der Waals surface area contributed by atoms with E-state index in [1.165, 1.54) is 24.6 Å². The highest BCUT2D eigenvalue weighted by atomic mass is 16.1. The maximum atomic E-state index is 12.0. The van der Waals surface area contributed by atoms with Gasteiger partial charge in [0.25, 0.3) is 11.1 Å². The van der Waals surface area contributed by atoms with E-state index in [2.05, 4.69) is 10.2 Å². The Kier molecular flexibility index (Phi) is 5.21. The normalized spacial score (nSPS) is 11.5. The van der Waals surface area contributed by atoms with Gasteiger partial charge in [0.1, 0.15) is 11.6 Å². The van der Waals surface area contributed by atoms with E-state index in [0.717, 1.165) is 31.6 Å². The van der Waals surface area contributed by atoms with Crippen molar-refractivity contribution in [3.8, 4) is 0 Å². The fourth-order valence-corrected chi connectivity index (χ4v) is 2.65. The van der Waals surface area contributed by atoms with Crippen molar-refractivity contribution < 1.29 is 0 Å². The van der Waals surface area contributed by atoms with Crippen LogP contribution < -0.4 is 22.6 Å². The van der Waals surface area contributed by atoms with Crippen LogP contribution in [-0.4, -0.2) is 21.8 Å². The van der Waals surface area contributed by atoms with Gasteiger partial charge in [0, 0.05) is 12.1 Å². The van der Waals surface area contributed by atoms with Crippen LogP contribution in [0.15, 0.2) is 68.3 Å². The SMILES string of the molecule is Cc1cc(N)n(N=Cc2cccc(/C=N\n3c(N)cc(C)cc3=O)c2)c(=O)c1. The molecule has 0 fully saturated rings. The van der Waals surface area contributed by atoms with Gasteiger partial charge in [-0.1, -0.05) is 18.2 Å². The summed E-state index contributed by atoms with van der Waals surface area (Å²) in [5, 5.41) is 8.30. The van der Waals surface area contributed by atoms with Gasteiger partial charge < -0.3 is 11.5 Å². The molecule has 0 aliphatic rings. The van der Waals surface area contributed by atoms with Crippen molar-refractivity contribution in [2.24, 2.45) is 10.2 Å². The molecule has 8 nitrogen and oxygen atoms in total. The fraction of sp³-hybridized carbons (Fsp3) is 0.100. The van der Waals surface area contributed by atoms with Gasteiger partial charge in [-0.05, 0) is 54.3 Å². The van der Waals surface area contributed by atoms with Crippen molar-refractivity contribution in [3.05, 3.63) is 91.5 Å². The maximum Gasteiger partial charge on any atom is 0.273 e. The van der Waals surface area contributed by atoms with Crippen LogP contribution >= 0.6 is 0 Å². The molecular formula is C20H20N6O2. The zero-order chi connectivity index (χ0) is 20.3. The Morgan fingerprint density at radius 1 is 0.750 bits per heavy atom. The van der Waals surface area contributed by atoms with Gasteiger partial charge >= 0.3 is 0 Å². The number of hydrogen-bond acceptors (Lipinski definition) is 6. The largest absolute Gasteiger partial charge is 0.384 e. The number of hydrogen-bond donors (Lipinski definition) is 2. The number of aryl methyl sites for hydroxylation is 2. The average molecular weight is 376 g/mol. The van der Waals surface area contributed by atoms with E-state index >= 15 is 0 Å². The average Bonchev–Trinajstić information content (AvgIpc) is 2.60. The quantitative estimate of drug-likeness (QED) is 0.671. The molecule has 0 saturated carbocycles. The van der Waals surface area contributed by atoms with Crippen molar-refractivity contribution in [3.63, 3.8) is 0 Å². The lowest BCUT2D eigenvalue weighted by Crippen LogP contribution is -2.19. The minimum Gasteiger partial charge on any atom is -0.384 e. The summed E-state index contributed by atoms with van der Waals surface area (Å²) in [7, 11) is 0. The van der Waals surface area contributed by atoms with Gasteiger partial charge in [-0.3, -0.25) is 9.59 Å². The fourth-order valence-electron chi connectivity index (χ4n) is 2.65. The molecule has 0 aliphatic heterocycles. The first-order valence-electron chi connectivity index (χ1n) is 8.50. The summed E-state index contributed by atoms with van der Waals surface area (Å²) in [6.45, 7) is 3.58. The van der Waals surface area contributed by atoms with E-state index in [-0.39, 0.29) is 22.8 Å². The second-order valence-corrected chi connectivity index (χ2v) is 6.37. The van der Waals surface area contributed by atoms with E-state index in [0.29, 0.717) is 0 Å². The monoisotopic (exact) mass is 376 g/mol. The molecule has 0 radical (unpaired) electrons. The maximum absolute atomic E-state index is 12.0. The molecule has 1 aromatic carbocycles. The first-order chi connectivity index (χ1) is 13.3. The molecule has 0 unspecified atom stereocenters. The number of nitrogens with zero attached hydrogens (tertiary/aromatic N) is 4. The van der Waals surface area contributed by atoms with Gasteiger partial charge in [-0.15, -0.1) is 0 Å². The molecule has 142 valence electrons. The molecule has 2 heterocycles. The number of benzene rings is 1. The molecule has 8 heteroatoms. The highest BCUT2D eigenvalue weighted by Gasteiger charge is 2.01. The predicted molar refractivity (Wildman–Crippen MR) is 112 cm³/mol. The first kappa shape index (κ1) is 18.8. The van der Waals surface area contributed by atoms with Gasteiger partial charge in [0.2, 0.25) is 0 Å². The minimum absolute atomic E-state index is 0.258. The van der Waals surface area contributed by atoms with Crippen molar-refractivity contribution in [2.45, 2.75) is 13.8 Å². The summed E-state index contributed by atoms with van der Waals surface area (Å²) in [4.78, 5) is 24.0. The molecule has 3 rings (SSSR count). The Morgan fingerprint density at radius 2 is 1.18 bits per heavy atom. The number of aromatic nitrogens is 2. The van der Waals surface area contributed by atoms with Gasteiger partial charge in [0.05, 0.1) is 12.4 Å². The molecule has 4 N–H and O–H groups in total. The predicted octanol–water partition coefficient (Wildman–Crippen LogP) is 1.56. The van der Waals surface area contributed by atoms with E-state index in [1.807, 2.05) is 18.2 Å². The number of rotatable bonds is 4. The highest BCUT2D eigenvalue weighted by Crippen LogP contribution is 2.06. The summed E-state index contributed by atoms with van der Waals surface area (Å²) < 4.78 is 2.25. The molecular weight excluding hydrogens is 356 g/mol. The molecule has 3 aromatic rings. The molecule has 0 bridgehead atoms. The third-order valence-electron chi connectivity index (χ3n) is 3.92. The second kappa shape index (κ2) is 7.75. The van der Waals surface area contributed by atoms with Gasteiger partial charge in [-0.2, -0.15) is 19.6 Å². The van der Waals surface area contributed by atoms with E-state index in [1.54, 1.807) is 32.0 Å². The lowest BCUT2D eigenvalue weighted by atomic mass is 10.1. The third-order valence-corrected chi connectivity index (χ3v) is 3.92. The number of pyridine rings is 2. The Morgan fingerprint density at radius 3 is 1.57 bits per heavy atom. The van der Waals surface area contributed by atoms with Crippen molar-refractivity contribution in [1.82, 2.24) is 9.35 Å². The van der Waals surface area contributed by atoms with E-state index in [9.17, 15) is 9.59 Å². The molecule has 0 atom stereocenters. The van der Waals surface area contributed by atoms with Crippen molar-refractivity contribution in [2.75, 3.05) is 11.5 Å². The summed E-state index contributed by atoms with van der Waals surface area (Å²) in [6, 6.07) is 13.5. The minimum atomic E-state index is -0.305. The third kappa shape index (κ3) is 4.24. The number of nitrogens with two attached hydrogens (primary N) is 2. The lowest BCUT2D eigenvalue weighted by molar-refractivity contribution is 0.843. The Balaban J connectivity index is 1.88. The summed E-state index contributed by atoms with van der Waals surface area (Å²) >= 11 is 0. The van der Waals surface area contributed by atoms with Gasteiger partial charge in [0.15, 0.2) is 0 Å². The van der Waals surface area contributed by atoms with Crippen LogP contribution in [0.1, 0.15) is 22.3 Å². The van der Waals surface area contributed by atoms with Crippen LogP contribution in [0.5, 0.6) is 0 Å². The lowest BCUT2D eigenvalue weighted by Gasteiger charge is -2.04. The van der Waals surface area contributed by atoms with Gasteiger partial charge in [-0.25, -0.2) is 0 Å². The van der Waals surface area contributed by atoms with Crippen LogP contribution in [0, 0.1) is 13.8 Å². The van der Waals surface area contributed by atoms with Crippen molar-refractivity contribution in [1.29, 1.82) is 0 Å². The topological polar surface area (TPSA) is 121 Å². The smallest absolute Gasteiger partial charge is 0.273 e. The van der Waals surface area contributed by atoms with Crippen LogP contribution in [0.25, 0.3) is 0 Å².